The van der Waals surface area contributed by atoms with Crippen molar-refractivity contribution in [1.29, 1.82) is 0 Å². The van der Waals surface area contributed by atoms with Crippen LogP contribution in [0, 0.1) is 0 Å². The van der Waals surface area contributed by atoms with Gasteiger partial charge < -0.3 is 33.7 Å². The summed E-state index contributed by atoms with van der Waals surface area (Å²) in [5.41, 5.74) is 1.51. The molecule has 0 aromatic heterocycles. The molecule has 0 spiro atoms. The van der Waals surface area contributed by atoms with Crippen molar-refractivity contribution in [2.24, 2.45) is 0 Å². The van der Waals surface area contributed by atoms with Gasteiger partial charge in [-0.3, -0.25) is 0 Å². The van der Waals surface area contributed by atoms with Crippen LogP contribution in [0.15, 0.2) is 24.3 Å². The van der Waals surface area contributed by atoms with Crippen LogP contribution in [0.1, 0.15) is 30.1 Å². The highest BCUT2D eigenvalue weighted by atomic mass is 16.6. The maximum absolute atomic E-state index is 12.0. The zero-order valence-corrected chi connectivity index (χ0v) is 18.6. The highest BCUT2D eigenvalue weighted by molar-refractivity contribution is 5.89. The van der Waals surface area contributed by atoms with Crippen LogP contribution in [0.3, 0.4) is 0 Å². The molecule has 1 N–H and O–H groups in total. The van der Waals surface area contributed by atoms with Gasteiger partial charge in [0.2, 0.25) is 0 Å². The fraction of sp³-hybridized carbons (Fsp3) is 0.636. The van der Waals surface area contributed by atoms with Gasteiger partial charge in [-0.25, -0.2) is 9.59 Å². The summed E-state index contributed by atoms with van der Waals surface area (Å²) in [4.78, 5) is 22.8. The molecule has 1 rings (SSSR count). The topological polar surface area (TPSA) is 102 Å². The van der Waals surface area contributed by atoms with Crippen LogP contribution in [-0.4, -0.2) is 85.1 Å². The van der Waals surface area contributed by atoms with Gasteiger partial charge in [0, 0.05) is 12.2 Å². The van der Waals surface area contributed by atoms with Crippen LogP contribution in [0.2, 0.25) is 0 Å². The van der Waals surface area contributed by atoms with Crippen molar-refractivity contribution in [3.8, 4) is 0 Å². The Bertz CT molecular complexity index is 594. The van der Waals surface area contributed by atoms with Crippen LogP contribution >= 0.6 is 0 Å². The van der Waals surface area contributed by atoms with Crippen molar-refractivity contribution in [2.75, 3.05) is 78.4 Å². The largest absolute Gasteiger partial charge is 0.467 e. The summed E-state index contributed by atoms with van der Waals surface area (Å²) in [6.45, 7) is 5.84. The van der Waals surface area contributed by atoms with E-state index in [1.165, 1.54) is 7.11 Å². The maximum Gasteiger partial charge on any atom is 0.338 e. The van der Waals surface area contributed by atoms with Gasteiger partial charge in [0.1, 0.15) is 13.2 Å². The summed E-state index contributed by atoms with van der Waals surface area (Å²) >= 11 is 0. The summed E-state index contributed by atoms with van der Waals surface area (Å²) in [6, 6.07) is 7.25. The zero-order chi connectivity index (χ0) is 22.6. The van der Waals surface area contributed by atoms with Crippen molar-refractivity contribution in [3.05, 3.63) is 29.8 Å². The van der Waals surface area contributed by atoms with E-state index in [0.717, 1.165) is 25.1 Å². The van der Waals surface area contributed by atoms with Gasteiger partial charge in [0.05, 0.1) is 58.9 Å². The van der Waals surface area contributed by atoms with Gasteiger partial charge in [-0.05, 0) is 30.7 Å². The number of anilines is 1. The third-order valence-corrected chi connectivity index (χ3v) is 4.00. The third-order valence-electron chi connectivity index (χ3n) is 4.00. The fourth-order valence-corrected chi connectivity index (χ4v) is 2.28. The summed E-state index contributed by atoms with van der Waals surface area (Å²) in [5, 5.41) is 3.30. The number of methoxy groups -OCH3 is 1. The molecule has 1 aromatic carbocycles. The molecule has 0 saturated heterocycles. The average Bonchev–Trinajstić information content (AvgIpc) is 2.79. The van der Waals surface area contributed by atoms with E-state index in [4.69, 9.17) is 23.7 Å². The average molecular weight is 442 g/mol. The van der Waals surface area contributed by atoms with Crippen molar-refractivity contribution < 1.29 is 38.0 Å². The molecule has 176 valence electrons. The zero-order valence-electron chi connectivity index (χ0n) is 18.6. The fourth-order valence-electron chi connectivity index (χ4n) is 2.28. The van der Waals surface area contributed by atoms with E-state index in [1.54, 1.807) is 12.1 Å². The third kappa shape index (κ3) is 14.4. The quantitative estimate of drug-likeness (QED) is 0.256. The molecule has 0 amide bonds. The number of carbonyl (C=O) groups is 2. The lowest BCUT2D eigenvalue weighted by Gasteiger charge is -2.09. The second-order valence-corrected chi connectivity index (χ2v) is 6.46. The Morgan fingerprint density at radius 2 is 1.35 bits per heavy atom. The van der Waals surface area contributed by atoms with E-state index in [0.29, 0.717) is 51.8 Å². The second kappa shape index (κ2) is 18.6. The Hall–Kier alpha value is -2.20. The number of carbonyl (C=O) groups excluding carboxylic acids is 2. The standard InChI is InChI=1S/C22H35NO8/c1-3-4-9-23-20-7-5-19(6-8-20)22(25)31-17-16-29-13-12-27-10-11-28-14-15-30-18-21(24)26-2/h5-8,23H,3-4,9-18H2,1-2H3. The van der Waals surface area contributed by atoms with E-state index in [1.807, 2.05) is 12.1 Å². The molecule has 0 aliphatic carbocycles. The number of rotatable bonds is 19. The Balaban J connectivity index is 1.91. The van der Waals surface area contributed by atoms with E-state index in [2.05, 4.69) is 17.0 Å². The van der Waals surface area contributed by atoms with Gasteiger partial charge in [-0.2, -0.15) is 0 Å². The lowest BCUT2D eigenvalue weighted by molar-refractivity contribution is -0.146. The number of nitrogens with one attached hydrogen (secondary N) is 1. The Labute approximate surface area is 184 Å². The molecule has 0 aliphatic rings. The lowest BCUT2D eigenvalue weighted by Crippen LogP contribution is -2.16. The second-order valence-electron chi connectivity index (χ2n) is 6.46. The van der Waals surface area contributed by atoms with Gasteiger partial charge in [0.25, 0.3) is 0 Å². The summed E-state index contributed by atoms with van der Waals surface area (Å²) in [7, 11) is 1.31. The number of ether oxygens (including phenoxy) is 6. The summed E-state index contributed by atoms with van der Waals surface area (Å²) in [6.07, 6.45) is 2.24. The van der Waals surface area contributed by atoms with Gasteiger partial charge in [-0.15, -0.1) is 0 Å². The predicted molar refractivity (Wildman–Crippen MR) is 115 cm³/mol. The van der Waals surface area contributed by atoms with E-state index in [9.17, 15) is 9.59 Å². The Morgan fingerprint density at radius 1 is 0.806 bits per heavy atom. The monoisotopic (exact) mass is 441 g/mol. The molecule has 0 radical (unpaired) electrons. The first-order valence-electron chi connectivity index (χ1n) is 10.6. The molecule has 9 nitrogen and oxygen atoms in total. The molecule has 0 atom stereocenters. The number of esters is 2. The van der Waals surface area contributed by atoms with E-state index in [-0.39, 0.29) is 19.2 Å². The molecule has 0 fully saturated rings. The van der Waals surface area contributed by atoms with Crippen LogP contribution in [-0.2, 0) is 33.2 Å². The molecule has 9 heteroatoms. The molecular formula is C22H35NO8. The first-order chi connectivity index (χ1) is 15.2. The van der Waals surface area contributed by atoms with Crippen LogP contribution in [0.4, 0.5) is 5.69 Å². The number of benzene rings is 1. The first-order valence-corrected chi connectivity index (χ1v) is 10.6. The van der Waals surface area contributed by atoms with Crippen LogP contribution < -0.4 is 5.32 Å². The predicted octanol–water partition coefficient (Wildman–Crippen LogP) is 2.29. The highest BCUT2D eigenvalue weighted by Crippen LogP contribution is 2.10. The lowest BCUT2D eigenvalue weighted by atomic mass is 10.2. The number of unbranched alkanes of at least 4 members (excludes halogenated alkanes) is 1. The van der Waals surface area contributed by atoms with Crippen molar-refractivity contribution in [3.63, 3.8) is 0 Å². The van der Waals surface area contributed by atoms with Crippen molar-refractivity contribution >= 4 is 17.6 Å². The van der Waals surface area contributed by atoms with Gasteiger partial charge in [-0.1, -0.05) is 13.3 Å². The highest BCUT2D eigenvalue weighted by Gasteiger charge is 2.06. The van der Waals surface area contributed by atoms with Crippen molar-refractivity contribution in [2.45, 2.75) is 19.8 Å². The van der Waals surface area contributed by atoms with Crippen LogP contribution in [0.5, 0.6) is 0 Å². The van der Waals surface area contributed by atoms with E-state index < -0.39 is 5.97 Å². The number of hydrogen-bond donors (Lipinski definition) is 1. The molecular weight excluding hydrogens is 406 g/mol. The Kier molecular flexibility index (Phi) is 16.1. The SMILES string of the molecule is CCCCNc1ccc(C(=O)OCCOCCOCCOCCOCC(=O)OC)cc1. The first kappa shape index (κ1) is 26.8. The van der Waals surface area contributed by atoms with Crippen LogP contribution in [0.25, 0.3) is 0 Å². The molecule has 0 unspecified atom stereocenters. The molecule has 0 saturated carbocycles. The molecule has 0 heterocycles. The minimum atomic E-state index is -0.414. The molecule has 31 heavy (non-hydrogen) atoms. The number of hydrogen-bond acceptors (Lipinski definition) is 9. The smallest absolute Gasteiger partial charge is 0.338 e. The normalized spacial score (nSPS) is 10.6. The minimum Gasteiger partial charge on any atom is -0.467 e. The maximum atomic E-state index is 12.0. The summed E-state index contributed by atoms with van der Waals surface area (Å²) in [5.74, 6) is -0.782. The molecule has 1 aromatic rings. The Morgan fingerprint density at radius 3 is 1.90 bits per heavy atom. The molecule has 0 aliphatic heterocycles. The van der Waals surface area contributed by atoms with E-state index >= 15 is 0 Å². The van der Waals surface area contributed by atoms with Gasteiger partial charge >= 0.3 is 11.9 Å². The van der Waals surface area contributed by atoms with Gasteiger partial charge in [0.15, 0.2) is 0 Å². The summed E-state index contributed by atoms with van der Waals surface area (Å²) < 4.78 is 30.7. The van der Waals surface area contributed by atoms with Crippen molar-refractivity contribution in [1.82, 2.24) is 0 Å². The minimum absolute atomic E-state index is 0.0775. The molecule has 0 bridgehead atoms.